The summed E-state index contributed by atoms with van der Waals surface area (Å²) in [5.74, 6) is -0.197. The summed E-state index contributed by atoms with van der Waals surface area (Å²) in [5.41, 5.74) is 7.23. The molecule has 0 bridgehead atoms. The SMILES string of the molecule is CCN(CCO)C(=O)c1c(N)c(C)nn1C. The third-order valence-corrected chi connectivity index (χ3v) is 2.51. The largest absolute Gasteiger partial charge is 0.395 e. The molecule has 0 aliphatic carbocycles. The number of anilines is 1. The van der Waals surface area contributed by atoms with Gasteiger partial charge in [0.05, 0.1) is 18.0 Å². The summed E-state index contributed by atoms with van der Waals surface area (Å²) in [4.78, 5) is 13.6. The third-order valence-electron chi connectivity index (χ3n) is 2.51. The topological polar surface area (TPSA) is 84.4 Å². The molecule has 0 unspecified atom stereocenters. The van der Waals surface area contributed by atoms with E-state index in [1.165, 1.54) is 9.58 Å². The number of hydrogen-bond acceptors (Lipinski definition) is 4. The van der Waals surface area contributed by atoms with Crippen LogP contribution in [0.5, 0.6) is 0 Å². The molecule has 1 rings (SSSR count). The van der Waals surface area contributed by atoms with Crippen LogP contribution in [0.4, 0.5) is 5.69 Å². The minimum atomic E-state index is -0.197. The summed E-state index contributed by atoms with van der Waals surface area (Å²) in [7, 11) is 1.68. The number of nitrogens with two attached hydrogens (primary N) is 1. The smallest absolute Gasteiger partial charge is 0.274 e. The first-order valence-electron chi connectivity index (χ1n) is 5.22. The average molecular weight is 226 g/mol. The van der Waals surface area contributed by atoms with E-state index in [-0.39, 0.29) is 12.5 Å². The van der Waals surface area contributed by atoms with Crippen molar-refractivity contribution in [1.29, 1.82) is 0 Å². The van der Waals surface area contributed by atoms with Crippen LogP contribution in [0.3, 0.4) is 0 Å². The van der Waals surface area contributed by atoms with Crippen LogP contribution in [0.2, 0.25) is 0 Å². The molecule has 0 atom stereocenters. The summed E-state index contributed by atoms with van der Waals surface area (Å²) in [6, 6.07) is 0. The standard InChI is InChI=1S/C10H18N4O2/c1-4-14(5-6-15)10(16)9-8(11)7(2)12-13(9)3/h15H,4-6,11H2,1-3H3. The normalized spacial score (nSPS) is 10.5. The van der Waals surface area contributed by atoms with Gasteiger partial charge in [0.25, 0.3) is 5.91 Å². The van der Waals surface area contributed by atoms with Crippen molar-refractivity contribution in [3.05, 3.63) is 11.4 Å². The third kappa shape index (κ3) is 2.16. The van der Waals surface area contributed by atoms with Crippen LogP contribution in [0.15, 0.2) is 0 Å². The van der Waals surface area contributed by atoms with Crippen LogP contribution in [0.1, 0.15) is 23.1 Å². The molecule has 1 heterocycles. The number of aryl methyl sites for hydroxylation is 2. The summed E-state index contributed by atoms with van der Waals surface area (Å²) in [5, 5.41) is 12.9. The molecular weight excluding hydrogens is 208 g/mol. The van der Waals surface area contributed by atoms with Crippen LogP contribution in [-0.4, -0.2) is 45.4 Å². The first-order chi connectivity index (χ1) is 7.52. The van der Waals surface area contributed by atoms with E-state index in [0.29, 0.717) is 30.2 Å². The zero-order chi connectivity index (χ0) is 12.3. The quantitative estimate of drug-likeness (QED) is 0.742. The summed E-state index contributed by atoms with van der Waals surface area (Å²) < 4.78 is 1.48. The number of likely N-dealkylation sites (N-methyl/N-ethyl adjacent to an activating group) is 1. The highest BCUT2D eigenvalue weighted by Gasteiger charge is 2.22. The lowest BCUT2D eigenvalue weighted by molar-refractivity contribution is 0.0722. The van der Waals surface area contributed by atoms with E-state index in [0.717, 1.165) is 0 Å². The number of carbonyl (C=O) groups is 1. The van der Waals surface area contributed by atoms with Gasteiger partial charge in [0, 0.05) is 20.1 Å². The van der Waals surface area contributed by atoms with Crippen molar-refractivity contribution in [2.24, 2.45) is 7.05 Å². The van der Waals surface area contributed by atoms with Gasteiger partial charge in [-0.15, -0.1) is 0 Å². The van der Waals surface area contributed by atoms with Crippen LogP contribution >= 0.6 is 0 Å². The number of carbonyl (C=O) groups excluding carboxylic acids is 1. The van der Waals surface area contributed by atoms with Gasteiger partial charge in [0.2, 0.25) is 0 Å². The Morgan fingerprint density at radius 2 is 2.25 bits per heavy atom. The first-order valence-corrected chi connectivity index (χ1v) is 5.22. The van der Waals surface area contributed by atoms with E-state index in [9.17, 15) is 4.79 Å². The Hall–Kier alpha value is -1.56. The number of amides is 1. The van der Waals surface area contributed by atoms with Gasteiger partial charge in [-0.25, -0.2) is 0 Å². The maximum Gasteiger partial charge on any atom is 0.274 e. The lowest BCUT2D eigenvalue weighted by atomic mass is 10.2. The second-order valence-electron chi connectivity index (χ2n) is 3.58. The Morgan fingerprint density at radius 1 is 1.62 bits per heavy atom. The van der Waals surface area contributed by atoms with Gasteiger partial charge >= 0.3 is 0 Å². The fourth-order valence-electron chi connectivity index (χ4n) is 1.60. The molecule has 1 amide bonds. The number of aromatic nitrogens is 2. The van der Waals surface area contributed by atoms with Gasteiger partial charge in [-0.05, 0) is 13.8 Å². The lowest BCUT2D eigenvalue weighted by Crippen LogP contribution is -2.35. The second-order valence-corrected chi connectivity index (χ2v) is 3.58. The number of aliphatic hydroxyl groups is 1. The molecule has 0 radical (unpaired) electrons. The minimum Gasteiger partial charge on any atom is -0.395 e. The minimum absolute atomic E-state index is 0.0592. The number of nitrogens with zero attached hydrogens (tertiary/aromatic N) is 3. The highest BCUT2D eigenvalue weighted by atomic mass is 16.3. The molecule has 1 aromatic heterocycles. The second kappa shape index (κ2) is 4.98. The van der Waals surface area contributed by atoms with E-state index in [2.05, 4.69) is 5.10 Å². The molecule has 0 aliphatic rings. The van der Waals surface area contributed by atoms with Crippen molar-refractivity contribution in [2.45, 2.75) is 13.8 Å². The Kier molecular flexibility index (Phi) is 3.89. The summed E-state index contributed by atoms with van der Waals surface area (Å²) in [6.07, 6.45) is 0. The zero-order valence-corrected chi connectivity index (χ0v) is 9.90. The highest BCUT2D eigenvalue weighted by Crippen LogP contribution is 2.17. The molecule has 0 spiro atoms. The van der Waals surface area contributed by atoms with E-state index in [4.69, 9.17) is 10.8 Å². The van der Waals surface area contributed by atoms with Crippen LogP contribution in [0, 0.1) is 6.92 Å². The predicted octanol–water partition coefficient (Wildman–Crippen LogP) is -0.235. The van der Waals surface area contributed by atoms with E-state index in [1.54, 1.807) is 14.0 Å². The van der Waals surface area contributed by atoms with Crippen molar-refractivity contribution in [3.63, 3.8) is 0 Å². The van der Waals surface area contributed by atoms with Gasteiger partial charge < -0.3 is 15.7 Å². The molecule has 0 aromatic carbocycles. The van der Waals surface area contributed by atoms with E-state index >= 15 is 0 Å². The van der Waals surface area contributed by atoms with Crippen LogP contribution in [0.25, 0.3) is 0 Å². The predicted molar refractivity (Wildman–Crippen MR) is 61.0 cm³/mol. The number of rotatable bonds is 4. The highest BCUT2D eigenvalue weighted by molar-refractivity contribution is 5.97. The number of hydrogen-bond donors (Lipinski definition) is 2. The molecule has 1 aromatic rings. The summed E-state index contributed by atoms with van der Waals surface area (Å²) in [6.45, 7) is 4.39. The summed E-state index contributed by atoms with van der Waals surface area (Å²) >= 11 is 0. The van der Waals surface area contributed by atoms with Gasteiger partial charge in [-0.3, -0.25) is 9.48 Å². The van der Waals surface area contributed by atoms with E-state index < -0.39 is 0 Å². The van der Waals surface area contributed by atoms with Gasteiger partial charge in [-0.1, -0.05) is 0 Å². The van der Waals surface area contributed by atoms with Crippen molar-refractivity contribution < 1.29 is 9.90 Å². The molecule has 0 saturated carbocycles. The van der Waals surface area contributed by atoms with Gasteiger partial charge in [0.15, 0.2) is 0 Å². The molecule has 16 heavy (non-hydrogen) atoms. The van der Waals surface area contributed by atoms with Crippen molar-refractivity contribution in [1.82, 2.24) is 14.7 Å². The molecule has 6 nitrogen and oxygen atoms in total. The Balaban J connectivity index is 3.03. The Labute approximate surface area is 94.6 Å². The molecule has 90 valence electrons. The number of nitrogen functional groups attached to an aromatic ring is 1. The van der Waals surface area contributed by atoms with E-state index in [1.807, 2.05) is 6.92 Å². The lowest BCUT2D eigenvalue weighted by Gasteiger charge is -2.19. The average Bonchev–Trinajstić information content (AvgIpc) is 2.49. The molecule has 0 fully saturated rings. The van der Waals surface area contributed by atoms with Crippen LogP contribution < -0.4 is 5.73 Å². The fraction of sp³-hybridized carbons (Fsp3) is 0.600. The first kappa shape index (κ1) is 12.5. The zero-order valence-electron chi connectivity index (χ0n) is 9.90. The Morgan fingerprint density at radius 3 is 2.62 bits per heavy atom. The Bertz CT molecular complexity index is 386. The van der Waals surface area contributed by atoms with Crippen molar-refractivity contribution in [2.75, 3.05) is 25.4 Å². The van der Waals surface area contributed by atoms with Crippen LogP contribution in [-0.2, 0) is 7.05 Å². The molecular formula is C10H18N4O2. The molecule has 3 N–H and O–H groups in total. The van der Waals surface area contributed by atoms with Crippen molar-refractivity contribution >= 4 is 11.6 Å². The monoisotopic (exact) mass is 226 g/mol. The molecule has 0 aliphatic heterocycles. The van der Waals surface area contributed by atoms with Crippen molar-refractivity contribution in [3.8, 4) is 0 Å². The maximum atomic E-state index is 12.1. The fourth-order valence-corrected chi connectivity index (χ4v) is 1.60. The van der Waals surface area contributed by atoms with Gasteiger partial charge in [-0.2, -0.15) is 5.10 Å². The maximum absolute atomic E-state index is 12.1. The number of aliphatic hydroxyl groups excluding tert-OH is 1. The molecule has 0 saturated heterocycles. The van der Waals surface area contributed by atoms with Gasteiger partial charge in [0.1, 0.15) is 5.69 Å². The molecule has 6 heteroatoms.